The van der Waals surface area contributed by atoms with E-state index in [2.05, 4.69) is 14.8 Å². The van der Waals surface area contributed by atoms with Crippen molar-refractivity contribution in [1.82, 2.24) is 14.8 Å². The highest BCUT2D eigenvalue weighted by molar-refractivity contribution is 5.61. The van der Waals surface area contributed by atoms with Crippen molar-refractivity contribution < 1.29 is 9.47 Å². The maximum Gasteiger partial charge on any atom is 0.164 e. The van der Waals surface area contributed by atoms with E-state index in [4.69, 9.17) is 9.47 Å². The third kappa shape index (κ3) is 1.94. The first kappa shape index (κ1) is 11.8. The van der Waals surface area contributed by atoms with Crippen LogP contribution in [0.5, 0.6) is 11.5 Å². The Hall–Kier alpha value is -2.04. The van der Waals surface area contributed by atoms with Crippen molar-refractivity contribution in [2.75, 3.05) is 13.2 Å². The standard InChI is InChI=1S/C15H17N3O2/c1-2-4-14-16-17-15(18(14)7-3-1)11-5-6-12-13(10-11)20-9-8-19-12/h5-6,10H,1-4,7-9H2. The number of fused-ring (bicyclic) bond motifs is 2. The third-order valence-corrected chi connectivity index (χ3v) is 3.91. The SMILES string of the molecule is c1cc2c(cc1-c1nnc3n1CCCCC3)OCCO2. The highest BCUT2D eigenvalue weighted by atomic mass is 16.6. The second-order valence-electron chi connectivity index (χ2n) is 5.26. The molecule has 0 spiro atoms. The molecule has 0 atom stereocenters. The van der Waals surface area contributed by atoms with E-state index in [9.17, 15) is 0 Å². The molecule has 0 fully saturated rings. The van der Waals surface area contributed by atoms with Gasteiger partial charge in [0, 0.05) is 18.5 Å². The minimum absolute atomic E-state index is 0.606. The van der Waals surface area contributed by atoms with Crippen LogP contribution in [0.25, 0.3) is 11.4 Å². The first-order valence-corrected chi connectivity index (χ1v) is 7.24. The molecular formula is C15H17N3O2. The van der Waals surface area contributed by atoms with Gasteiger partial charge in [-0.25, -0.2) is 0 Å². The van der Waals surface area contributed by atoms with Crippen LogP contribution >= 0.6 is 0 Å². The zero-order chi connectivity index (χ0) is 13.4. The van der Waals surface area contributed by atoms with Crippen LogP contribution < -0.4 is 9.47 Å². The van der Waals surface area contributed by atoms with E-state index in [1.54, 1.807) is 0 Å². The van der Waals surface area contributed by atoms with E-state index < -0.39 is 0 Å². The normalized spacial score (nSPS) is 17.4. The van der Waals surface area contributed by atoms with Crippen molar-refractivity contribution in [1.29, 1.82) is 0 Å². The van der Waals surface area contributed by atoms with E-state index in [0.717, 1.165) is 41.7 Å². The lowest BCUT2D eigenvalue weighted by molar-refractivity contribution is 0.171. The van der Waals surface area contributed by atoms with E-state index in [1.165, 1.54) is 19.3 Å². The molecule has 0 saturated carbocycles. The van der Waals surface area contributed by atoms with Crippen LogP contribution in [0.1, 0.15) is 25.1 Å². The Morgan fingerprint density at radius 3 is 2.80 bits per heavy atom. The van der Waals surface area contributed by atoms with E-state index in [1.807, 2.05) is 18.2 Å². The van der Waals surface area contributed by atoms with Gasteiger partial charge in [0.1, 0.15) is 19.0 Å². The zero-order valence-electron chi connectivity index (χ0n) is 11.3. The Kier molecular flexibility index (Phi) is 2.83. The van der Waals surface area contributed by atoms with Crippen LogP contribution in [0.3, 0.4) is 0 Å². The molecular weight excluding hydrogens is 254 g/mol. The van der Waals surface area contributed by atoms with Gasteiger partial charge in [0.2, 0.25) is 0 Å². The summed E-state index contributed by atoms with van der Waals surface area (Å²) in [5, 5.41) is 8.72. The fourth-order valence-electron chi connectivity index (χ4n) is 2.88. The molecule has 2 aliphatic rings. The smallest absolute Gasteiger partial charge is 0.164 e. The lowest BCUT2D eigenvalue weighted by atomic mass is 10.1. The Morgan fingerprint density at radius 2 is 1.85 bits per heavy atom. The number of hydrogen-bond acceptors (Lipinski definition) is 4. The molecule has 0 unspecified atom stereocenters. The van der Waals surface area contributed by atoms with Gasteiger partial charge >= 0.3 is 0 Å². The number of rotatable bonds is 1. The molecule has 0 bridgehead atoms. The molecule has 5 heteroatoms. The topological polar surface area (TPSA) is 49.2 Å². The maximum atomic E-state index is 5.65. The molecule has 1 aromatic carbocycles. The highest BCUT2D eigenvalue weighted by Crippen LogP contribution is 2.34. The molecule has 0 saturated heterocycles. The van der Waals surface area contributed by atoms with E-state index >= 15 is 0 Å². The summed E-state index contributed by atoms with van der Waals surface area (Å²) in [4.78, 5) is 0. The molecule has 4 rings (SSSR count). The second kappa shape index (κ2) is 4.81. The largest absolute Gasteiger partial charge is 0.486 e. The first-order valence-electron chi connectivity index (χ1n) is 7.24. The van der Waals surface area contributed by atoms with Crippen LogP contribution in [0, 0.1) is 0 Å². The molecule has 104 valence electrons. The van der Waals surface area contributed by atoms with Gasteiger partial charge in [-0.05, 0) is 31.0 Å². The zero-order valence-corrected chi connectivity index (χ0v) is 11.3. The van der Waals surface area contributed by atoms with Crippen LogP contribution in [-0.4, -0.2) is 28.0 Å². The van der Waals surface area contributed by atoms with Crippen LogP contribution in [-0.2, 0) is 13.0 Å². The van der Waals surface area contributed by atoms with Crippen molar-refractivity contribution in [3.63, 3.8) is 0 Å². The average Bonchev–Trinajstić information content (AvgIpc) is 2.75. The second-order valence-corrected chi connectivity index (χ2v) is 5.26. The number of nitrogens with zero attached hydrogens (tertiary/aromatic N) is 3. The number of benzene rings is 1. The Labute approximate surface area is 117 Å². The molecule has 0 N–H and O–H groups in total. The first-order chi connectivity index (χ1) is 9.92. The lowest BCUT2D eigenvalue weighted by Crippen LogP contribution is -2.15. The van der Waals surface area contributed by atoms with Crippen molar-refractivity contribution in [3.8, 4) is 22.9 Å². The minimum Gasteiger partial charge on any atom is -0.486 e. The molecule has 20 heavy (non-hydrogen) atoms. The monoisotopic (exact) mass is 271 g/mol. The summed E-state index contributed by atoms with van der Waals surface area (Å²) >= 11 is 0. The summed E-state index contributed by atoms with van der Waals surface area (Å²) in [5.74, 6) is 3.67. The van der Waals surface area contributed by atoms with Gasteiger partial charge in [-0.1, -0.05) is 6.42 Å². The third-order valence-electron chi connectivity index (χ3n) is 3.91. The number of aromatic nitrogens is 3. The van der Waals surface area contributed by atoms with Gasteiger partial charge in [0.25, 0.3) is 0 Å². The Balaban J connectivity index is 1.76. The molecule has 5 nitrogen and oxygen atoms in total. The van der Waals surface area contributed by atoms with Gasteiger partial charge < -0.3 is 14.0 Å². The van der Waals surface area contributed by atoms with E-state index in [-0.39, 0.29) is 0 Å². The minimum atomic E-state index is 0.606. The van der Waals surface area contributed by atoms with Crippen LogP contribution in [0.15, 0.2) is 18.2 Å². The summed E-state index contributed by atoms with van der Waals surface area (Å²) in [5.41, 5.74) is 1.05. The molecule has 3 heterocycles. The van der Waals surface area contributed by atoms with E-state index in [0.29, 0.717) is 13.2 Å². The molecule has 1 aromatic heterocycles. The lowest BCUT2D eigenvalue weighted by Gasteiger charge is -2.18. The Bertz CT molecular complexity index is 636. The average molecular weight is 271 g/mol. The van der Waals surface area contributed by atoms with Gasteiger partial charge in [-0.3, -0.25) is 0 Å². The highest BCUT2D eigenvalue weighted by Gasteiger charge is 2.18. The van der Waals surface area contributed by atoms with Crippen LogP contribution in [0.4, 0.5) is 0 Å². The number of ether oxygens (including phenoxy) is 2. The van der Waals surface area contributed by atoms with Crippen LogP contribution in [0.2, 0.25) is 0 Å². The Morgan fingerprint density at radius 1 is 0.950 bits per heavy atom. The summed E-state index contributed by atoms with van der Waals surface area (Å²) in [6.45, 7) is 2.23. The van der Waals surface area contributed by atoms with Crippen molar-refractivity contribution >= 4 is 0 Å². The van der Waals surface area contributed by atoms with Gasteiger partial charge in [0.15, 0.2) is 17.3 Å². The van der Waals surface area contributed by atoms with Crippen molar-refractivity contribution in [2.45, 2.75) is 32.2 Å². The fraction of sp³-hybridized carbons (Fsp3) is 0.467. The number of hydrogen-bond donors (Lipinski definition) is 0. The van der Waals surface area contributed by atoms with Gasteiger partial charge in [-0.15, -0.1) is 10.2 Å². The summed E-state index contributed by atoms with van der Waals surface area (Å²) in [7, 11) is 0. The van der Waals surface area contributed by atoms with Crippen molar-refractivity contribution in [2.24, 2.45) is 0 Å². The predicted molar refractivity (Wildman–Crippen MR) is 74.0 cm³/mol. The molecule has 2 aliphatic heterocycles. The quantitative estimate of drug-likeness (QED) is 0.799. The van der Waals surface area contributed by atoms with Gasteiger partial charge in [0.05, 0.1) is 0 Å². The summed E-state index contributed by atoms with van der Waals surface area (Å²) in [6.07, 6.45) is 4.70. The summed E-state index contributed by atoms with van der Waals surface area (Å²) < 4.78 is 13.5. The van der Waals surface area contributed by atoms with Gasteiger partial charge in [-0.2, -0.15) is 0 Å². The molecule has 0 radical (unpaired) electrons. The molecule has 0 aliphatic carbocycles. The summed E-state index contributed by atoms with van der Waals surface area (Å²) in [6, 6.07) is 6.01. The maximum absolute atomic E-state index is 5.65. The molecule has 0 amide bonds. The van der Waals surface area contributed by atoms with Crippen molar-refractivity contribution in [3.05, 3.63) is 24.0 Å². The fourth-order valence-corrected chi connectivity index (χ4v) is 2.88. The predicted octanol–water partition coefficient (Wildman–Crippen LogP) is 2.44. The number of aryl methyl sites for hydroxylation is 1. The molecule has 2 aromatic rings.